The fraction of sp³-hybridized carbons (Fsp3) is 0.273. The number of aromatic nitrogens is 3. The molecule has 0 bridgehead atoms. The second kappa shape index (κ2) is 5.77. The number of hydrogen-bond acceptors (Lipinski definition) is 7. The molecule has 2 rings (SSSR count). The molecule has 21 heavy (non-hydrogen) atoms. The Kier molecular flexibility index (Phi) is 4.05. The standard InChI is InChI=1S/C11H9F3N4O3/c1-2-20-8(19)6-7(11(12,13)14)17-10(21-6)18-9-15-4-3-5-16-9/h3-5H,2H2,1H3,(H,15,16,17,18). The molecule has 1 N–H and O–H groups in total. The van der Waals surface area contributed by atoms with Crippen LogP contribution in [0.2, 0.25) is 0 Å². The number of halogens is 3. The summed E-state index contributed by atoms with van der Waals surface area (Å²) in [5, 5.41) is 2.33. The van der Waals surface area contributed by atoms with Gasteiger partial charge in [-0.05, 0) is 13.0 Å². The summed E-state index contributed by atoms with van der Waals surface area (Å²) >= 11 is 0. The fourth-order valence-corrected chi connectivity index (χ4v) is 1.36. The first-order valence-corrected chi connectivity index (χ1v) is 5.71. The molecular weight excluding hydrogens is 293 g/mol. The normalized spacial score (nSPS) is 11.2. The average molecular weight is 302 g/mol. The molecule has 0 spiro atoms. The lowest BCUT2D eigenvalue weighted by atomic mass is 10.3. The molecule has 7 nitrogen and oxygen atoms in total. The van der Waals surface area contributed by atoms with Gasteiger partial charge in [-0.2, -0.15) is 18.2 Å². The highest BCUT2D eigenvalue weighted by molar-refractivity contribution is 5.88. The summed E-state index contributed by atoms with van der Waals surface area (Å²) in [7, 11) is 0. The topological polar surface area (TPSA) is 90.1 Å². The first-order valence-electron chi connectivity index (χ1n) is 5.71. The Balaban J connectivity index is 2.34. The Morgan fingerprint density at radius 2 is 2.05 bits per heavy atom. The van der Waals surface area contributed by atoms with Crippen LogP contribution in [0.5, 0.6) is 0 Å². The third-order valence-electron chi connectivity index (χ3n) is 2.14. The first-order chi connectivity index (χ1) is 9.91. The molecule has 0 amide bonds. The second-order valence-corrected chi connectivity index (χ2v) is 3.61. The van der Waals surface area contributed by atoms with Crippen LogP contribution in [-0.4, -0.2) is 27.5 Å². The van der Waals surface area contributed by atoms with E-state index in [1.807, 2.05) is 0 Å². The molecule has 0 atom stereocenters. The zero-order valence-electron chi connectivity index (χ0n) is 10.6. The fourth-order valence-electron chi connectivity index (χ4n) is 1.36. The average Bonchev–Trinajstić information content (AvgIpc) is 2.84. The van der Waals surface area contributed by atoms with Crippen molar-refractivity contribution in [3.05, 3.63) is 29.9 Å². The van der Waals surface area contributed by atoms with E-state index in [1.54, 1.807) is 0 Å². The lowest BCUT2D eigenvalue weighted by Gasteiger charge is -2.03. The quantitative estimate of drug-likeness (QED) is 0.867. The molecule has 0 saturated heterocycles. The monoisotopic (exact) mass is 302 g/mol. The van der Waals surface area contributed by atoms with Crippen LogP contribution in [0.15, 0.2) is 22.9 Å². The highest BCUT2D eigenvalue weighted by atomic mass is 19.4. The minimum absolute atomic E-state index is 0.0251. The Hall–Kier alpha value is -2.65. The van der Waals surface area contributed by atoms with E-state index in [1.165, 1.54) is 25.4 Å². The number of alkyl halides is 3. The van der Waals surface area contributed by atoms with Crippen molar-refractivity contribution in [3.63, 3.8) is 0 Å². The molecule has 0 radical (unpaired) electrons. The van der Waals surface area contributed by atoms with Crippen molar-refractivity contribution in [2.75, 3.05) is 11.9 Å². The summed E-state index contributed by atoms with van der Waals surface area (Å²) in [6.07, 6.45) is -2.12. The van der Waals surface area contributed by atoms with Crippen LogP contribution in [0.4, 0.5) is 25.1 Å². The molecule has 0 aliphatic rings. The molecule has 2 aromatic heterocycles. The van der Waals surface area contributed by atoms with Crippen molar-refractivity contribution in [1.29, 1.82) is 0 Å². The molecule has 10 heteroatoms. The van der Waals surface area contributed by atoms with E-state index < -0.39 is 29.6 Å². The number of ether oxygens (including phenoxy) is 1. The van der Waals surface area contributed by atoms with Gasteiger partial charge in [-0.3, -0.25) is 5.32 Å². The second-order valence-electron chi connectivity index (χ2n) is 3.61. The molecule has 0 saturated carbocycles. The number of nitrogens with zero attached hydrogens (tertiary/aromatic N) is 3. The highest BCUT2D eigenvalue weighted by Gasteiger charge is 2.41. The maximum atomic E-state index is 12.8. The summed E-state index contributed by atoms with van der Waals surface area (Å²) in [6, 6.07) is 0.961. The van der Waals surface area contributed by atoms with E-state index in [-0.39, 0.29) is 12.6 Å². The number of hydrogen-bond donors (Lipinski definition) is 1. The summed E-state index contributed by atoms with van der Waals surface area (Å²) in [6.45, 7) is 1.36. The minimum Gasteiger partial charge on any atom is -0.460 e. The molecule has 2 aromatic rings. The minimum atomic E-state index is -4.86. The van der Waals surface area contributed by atoms with Crippen LogP contribution in [0.25, 0.3) is 0 Å². The van der Waals surface area contributed by atoms with E-state index in [9.17, 15) is 18.0 Å². The Labute approximate surface area is 116 Å². The van der Waals surface area contributed by atoms with Gasteiger partial charge in [0, 0.05) is 12.4 Å². The maximum absolute atomic E-state index is 12.8. The highest BCUT2D eigenvalue weighted by Crippen LogP contribution is 2.33. The van der Waals surface area contributed by atoms with Gasteiger partial charge in [0.25, 0.3) is 0 Å². The zero-order valence-corrected chi connectivity index (χ0v) is 10.6. The summed E-state index contributed by atoms with van der Waals surface area (Å²) in [4.78, 5) is 22.1. The Morgan fingerprint density at radius 1 is 1.38 bits per heavy atom. The van der Waals surface area contributed by atoms with Crippen molar-refractivity contribution in [1.82, 2.24) is 15.0 Å². The number of carbonyl (C=O) groups is 1. The molecule has 0 unspecified atom stereocenters. The molecule has 0 aliphatic carbocycles. The summed E-state index contributed by atoms with van der Waals surface area (Å²) in [5.74, 6) is -2.30. The third-order valence-corrected chi connectivity index (χ3v) is 2.14. The molecule has 0 aromatic carbocycles. The van der Waals surface area contributed by atoms with Crippen molar-refractivity contribution < 1.29 is 27.1 Å². The largest absolute Gasteiger partial charge is 0.460 e. The number of rotatable bonds is 4. The van der Waals surface area contributed by atoms with Gasteiger partial charge in [0.15, 0.2) is 5.69 Å². The molecule has 112 valence electrons. The number of carbonyl (C=O) groups excluding carboxylic acids is 1. The lowest BCUT2D eigenvalue weighted by Crippen LogP contribution is -2.14. The van der Waals surface area contributed by atoms with Gasteiger partial charge >= 0.3 is 18.2 Å². The number of esters is 1. The van der Waals surface area contributed by atoms with E-state index in [0.29, 0.717) is 0 Å². The van der Waals surface area contributed by atoms with Gasteiger partial charge in [-0.15, -0.1) is 0 Å². The zero-order chi connectivity index (χ0) is 15.5. The smallest absolute Gasteiger partial charge is 0.437 e. The van der Waals surface area contributed by atoms with Crippen molar-refractivity contribution in [2.24, 2.45) is 0 Å². The van der Waals surface area contributed by atoms with Gasteiger partial charge in [-0.1, -0.05) is 0 Å². The number of oxazole rings is 1. The number of nitrogens with one attached hydrogen (secondary N) is 1. The molecular formula is C11H9F3N4O3. The van der Waals surface area contributed by atoms with Crippen molar-refractivity contribution in [3.8, 4) is 0 Å². The van der Waals surface area contributed by atoms with Crippen LogP contribution in [-0.2, 0) is 10.9 Å². The van der Waals surface area contributed by atoms with Gasteiger partial charge in [0.05, 0.1) is 6.61 Å². The predicted octanol–water partition coefficient (Wildman–Crippen LogP) is 2.40. The van der Waals surface area contributed by atoms with E-state index in [4.69, 9.17) is 4.42 Å². The van der Waals surface area contributed by atoms with E-state index in [0.717, 1.165) is 0 Å². The van der Waals surface area contributed by atoms with Gasteiger partial charge in [0.1, 0.15) is 0 Å². The summed E-state index contributed by atoms with van der Waals surface area (Å²) in [5.41, 5.74) is -1.47. The number of anilines is 2. The van der Waals surface area contributed by atoms with E-state index in [2.05, 4.69) is 25.0 Å². The Bertz CT molecular complexity index is 627. The SMILES string of the molecule is CCOC(=O)c1oc(Nc2ncccn2)nc1C(F)(F)F. The molecule has 2 heterocycles. The predicted molar refractivity (Wildman–Crippen MR) is 62.8 cm³/mol. The third kappa shape index (κ3) is 3.46. The maximum Gasteiger partial charge on any atom is 0.437 e. The van der Waals surface area contributed by atoms with Crippen LogP contribution >= 0.6 is 0 Å². The van der Waals surface area contributed by atoms with Gasteiger partial charge < -0.3 is 9.15 Å². The summed E-state index contributed by atoms with van der Waals surface area (Å²) < 4.78 is 47.7. The lowest BCUT2D eigenvalue weighted by molar-refractivity contribution is -0.141. The van der Waals surface area contributed by atoms with Crippen molar-refractivity contribution in [2.45, 2.75) is 13.1 Å². The van der Waals surface area contributed by atoms with Gasteiger partial charge in [-0.25, -0.2) is 14.8 Å². The van der Waals surface area contributed by atoms with E-state index >= 15 is 0 Å². The van der Waals surface area contributed by atoms with Gasteiger partial charge in [0.2, 0.25) is 11.7 Å². The van der Waals surface area contributed by atoms with Crippen LogP contribution in [0.1, 0.15) is 23.2 Å². The molecule has 0 aliphatic heterocycles. The van der Waals surface area contributed by atoms with Crippen LogP contribution in [0.3, 0.4) is 0 Å². The van der Waals surface area contributed by atoms with Crippen LogP contribution in [0, 0.1) is 0 Å². The van der Waals surface area contributed by atoms with Crippen molar-refractivity contribution >= 4 is 17.9 Å². The first kappa shape index (κ1) is 14.8. The van der Waals surface area contributed by atoms with Crippen LogP contribution < -0.4 is 5.32 Å². The molecule has 0 fully saturated rings. The Morgan fingerprint density at radius 3 is 2.62 bits per heavy atom.